The predicted octanol–water partition coefficient (Wildman–Crippen LogP) is 2.68. The average molecular weight is 437 g/mol. The Bertz CT molecular complexity index is 1070. The van der Waals surface area contributed by atoms with E-state index in [-0.39, 0.29) is 23.8 Å². The van der Waals surface area contributed by atoms with Gasteiger partial charge in [-0.3, -0.25) is 14.9 Å². The number of pyridine rings is 1. The van der Waals surface area contributed by atoms with Gasteiger partial charge in [-0.2, -0.15) is 0 Å². The molecule has 4 rings (SSSR count). The van der Waals surface area contributed by atoms with E-state index >= 15 is 0 Å². The van der Waals surface area contributed by atoms with E-state index in [0.29, 0.717) is 30.1 Å². The molecule has 0 unspecified atom stereocenters. The number of aryl methyl sites for hydroxylation is 2. The van der Waals surface area contributed by atoms with Crippen LogP contribution < -0.4 is 15.4 Å². The lowest BCUT2D eigenvalue weighted by molar-refractivity contribution is -0.125. The fraction of sp³-hybridized carbons (Fsp3) is 0.417. The highest BCUT2D eigenvalue weighted by atomic mass is 16.5. The number of urea groups is 1. The van der Waals surface area contributed by atoms with E-state index in [4.69, 9.17) is 4.74 Å². The van der Waals surface area contributed by atoms with Crippen LogP contribution in [0.2, 0.25) is 0 Å². The third kappa shape index (κ3) is 3.81. The van der Waals surface area contributed by atoms with E-state index in [0.717, 1.165) is 17.5 Å². The first-order chi connectivity index (χ1) is 15.2. The maximum atomic E-state index is 13.0. The molecule has 32 heavy (non-hydrogen) atoms. The van der Waals surface area contributed by atoms with Crippen molar-refractivity contribution in [2.75, 3.05) is 13.1 Å². The number of carbonyl (C=O) groups excluding carboxylic acids is 3. The smallest absolute Gasteiger partial charge is 0.322 e. The topological polar surface area (TPSA) is 101 Å². The van der Waals surface area contributed by atoms with Gasteiger partial charge in [0.05, 0.1) is 6.54 Å². The van der Waals surface area contributed by atoms with Crippen LogP contribution in [0.1, 0.15) is 47.3 Å². The number of imide groups is 1. The van der Waals surface area contributed by atoms with Crippen LogP contribution in [-0.4, -0.2) is 46.9 Å². The molecule has 8 nitrogen and oxygen atoms in total. The molecule has 4 amide bonds. The number of nitrogens with zero attached hydrogens (tertiary/aromatic N) is 2. The highest BCUT2D eigenvalue weighted by Crippen LogP contribution is 2.33. The molecule has 3 heterocycles. The largest absolute Gasteiger partial charge is 0.472 e. The second-order valence-electron chi connectivity index (χ2n) is 8.86. The van der Waals surface area contributed by atoms with Gasteiger partial charge in [-0.05, 0) is 49.1 Å². The molecular weight excluding hydrogens is 408 g/mol. The van der Waals surface area contributed by atoms with Crippen LogP contribution in [0.5, 0.6) is 5.88 Å². The summed E-state index contributed by atoms with van der Waals surface area (Å²) in [6, 6.07) is 8.41. The molecule has 2 aliphatic heterocycles. The van der Waals surface area contributed by atoms with Crippen molar-refractivity contribution in [3.05, 3.63) is 58.8 Å². The number of benzene rings is 1. The number of carbonyl (C=O) groups is 3. The fourth-order valence-corrected chi connectivity index (χ4v) is 4.46. The maximum absolute atomic E-state index is 13.0. The molecule has 2 atom stereocenters. The summed E-state index contributed by atoms with van der Waals surface area (Å²) in [6.45, 7) is 8.79. The summed E-state index contributed by atoms with van der Waals surface area (Å²) in [6.07, 6.45) is 2.41. The van der Waals surface area contributed by atoms with Gasteiger partial charge in [0.1, 0.15) is 11.6 Å². The van der Waals surface area contributed by atoms with Gasteiger partial charge < -0.3 is 15.0 Å². The molecule has 2 N–H and O–H groups in total. The summed E-state index contributed by atoms with van der Waals surface area (Å²) in [5, 5.41) is 5.07. The Balaban J connectivity index is 1.45. The minimum Gasteiger partial charge on any atom is -0.472 e. The van der Waals surface area contributed by atoms with Crippen LogP contribution in [0.15, 0.2) is 36.5 Å². The molecule has 2 saturated heterocycles. The van der Waals surface area contributed by atoms with Gasteiger partial charge in [-0.1, -0.05) is 26.0 Å². The Morgan fingerprint density at radius 1 is 1.22 bits per heavy atom. The number of hydrogen-bond donors (Lipinski definition) is 2. The molecule has 8 heteroatoms. The van der Waals surface area contributed by atoms with E-state index in [1.165, 1.54) is 0 Å². The summed E-state index contributed by atoms with van der Waals surface area (Å²) in [5.41, 5.74) is 2.10. The molecule has 0 radical (unpaired) electrons. The van der Waals surface area contributed by atoms with Gasteiger partial charge >= 0.3 is 6.03 Å². The second-order valence-corrected chi connectivity index (χ2v) is 8.86. The van der Waals surface area contributed by atoms with Crippen molar-refractivity contribution < 1.29 is 19.1 Å². The molecule has 2 fully saturated rings. The van der Waals surface area contributed by atoms with E-state index in [1.54, 1.807) is 35.4 Å². The van der Waals surface area contributed by atoms with Crippen molar-refractivity contribution >= 4 is 17.8 Å². The standard InChI is InChI=1S/C24H28N4O4/c1-14(2)24(22(30)26-23(31)27-24)18-7-5-17(6-8-18)21(29)28-10-9-19(13-28)32-20-16(4)11-15(3)12-25-20/h5-8,11-12,14,19H,9-10,13H2,1-4H3,(H2,26,27,30,31)/t19-,24+/m0/s1. The summed E-state index contributed by atoms with van der Waals surface area (Å²) in [7, 11) is 0. The lowest BCUT2D eigenvalue weighted by Crippen LogP contribution is -2.48. The van der Waals surface area contributed by atoms with Gasteiger partial charge in [0.2, 0.25) is 5.88 Å². The summed E-state index contributed by atoms with van der Waals surface area (Å²) >= 11 is 0. The zero-order valence-corrected chi connectivity index (χ0v) is 18.8. The Labute approximate surface area is 187 Å². The molecule has 2 aromatic rings. The molecular formula is C24H28N4O4. The minimum atomic E-state index is -1.13. The van der Waals surface area contributed by atoms with Crippen LogP contribution in [0.3, 0.4) is 0 Å². The first kappa shape index (κ1) is 21.8. The number of aromatic nitrogens is 1. The first-order valence-electron chi connectivity index (χ1n) is 10.8. The van der Waals surface area contributed by atoms with Crippen molar-refractivity contribution in [1.29, 1.82) is 0 Å². The molecule has 2 aliphatic rings. The third-order valence-corrected chi connectivity index (χ3v) is 6.23. The molecule has 1 aromatic heterocycles. The monoisotopic (exact) mass is 436 g/mol. The molecule has 0 spiro atoms. The fourth-order valence-electron chi connectivity index (χ4n) is 4.46. The predicted molar refractivity (Wildman–Crippen MR) is 118 cm³/mol. The number of nitrogens with one attached hydrogen (secondary N) is 2. The maximum Gasteiger partial charge on any atom is 0.322 e. The zero-order chi connectivity index (χ0) is 23.0. The van der Waals surface area contributed by atoms with Crippen molar-refractivity contribution in [3.63, 3.8) is 0 Å². The Morgan fingerprint density at radius 3 is 2.53 bits per heavy atom. The Kier molecular flexibility index (Phi) is 5.62. The average Bonchev–Trinajstić information content (AvgIpc) is 3.34. The summed E-state index contributed by atoms with van der Waals surface area (Å²) in [5.74, 6) is -0.0215. The molecule has 0 aliphatic carbocycles. The molecule has 0 saturated carbocycles. The van der Waals surface area contributed by atoms with Crippen LogP contribution in [-0.2, 0) is 10.3 Å². The summed E-state index contributed by atoms with van der Waals surface area (Å²) < 4.78 is 6.04. The highest BCUT2D eigenvalue weighted by molar-refractivity contribution is 6.07. The number of hydrogen-bond acceptors (Lipinski definition) is 5. The van der Waals surface area contributed by atoms with Crippen LogP contribution >= 0.6 is 0 Å². The van der Waals surface area contributed by atoms with Gasteiger partial charge in [0, 0.05) is 30.3 Å². The number of rotatable bonds is 5. The van der Waals surface area contributed by atoms with Crippen LogP contribution in [0.4, 0.5) is 4.79 Å². The van der Waals surface area contributed by atoms with Gasteiger partial charge in [-0.25, -0.2) is 9.78 Å². The number of ether oxygens (including phenoxy) is 1. The van der Waals surface area contributed by atoms with Gasteiger partial charge in [0.15, 0.2) is 0 Å². The molecule has 168 valence electrons. The van der Waals surface area contributed by atoms with Crippen molar-refractivity contribution in [3.8, 4) is 5.88 Å². The lowest BCUT2D eigenvalue weighted by atomic mass is 9.79. The highest BCUT2D eigenvalue weighted by Gasteiger charge is 2.50. The first-order valence-corrected chi connectivity index (χ1v) is 10.8. The zero-order valence-electron chi connectivity index (χ0n) is 18.8. The third-order valence-electron chi connectivity index (χ3n) is 6.23. The Morgan fingerprint density at radius 2 is 1.94 bits per heavy atom. The quantitative estimate of drug-likeness (QED) is 0.702. The second kappa shape index (κ2) is 8.26. The minimum absolute atomic E-state index is 0.0882. The summed E-state index contributed by atoms with van der Waals surface area (Å²) in [4.78, 5) is 43.4. The normalized spacial score (nSPS) is 22.8. The van der Waals surface area contributed by atoms with Crippen molar-refractivity contribution in [2.24, 2.45) is 5.92 Å². The van der Waals surface area contributed by atoms with E-state index < -0.39 is 11.6 Å². The van der Waals surface area contributed by atoms with Crippen LogP contribution in [0, 0.1) is 19.8 Å². The lowest BCUT2D eigenvalue weighted by Gasteiger charge is -2.30. The number of likely N-dealkylation sites (tertiary alicyclic amines) is 1. The molecule has 0 bridgehead atoms. The van der Waals surface area contributed by atoms with Crippen molar-refractivity contribution in [2.45, 2.75) is 45.8 Å². The van der Waals surface area contributed by atoms with Crippen LogP contribution in [0.25, 0.3) is 0 Å². The van der Waals surface area contributed by atoms with E-state index in [2.05, 4.69) is 15.6 Å². The Hall–Kier alpha value is -3.42. The van der Waals surface area contributed by atoms with Gasteiger partial charge in [0.25, 0.3) is 11.8 Å². The van der Waals surface area contributed by atoms with Crippen molar-refractivity contribution in [1.82, 2.24) is 20.5 Å². The van der Waals surface area contributed by atoms with Gasteiger partial charge in [-0.15, -0.1) is 0 Å². The SMILES string of the molecule is Cc1cnc(O[C@H]2CCN(C(=O)c3ccc([C@@]4(C(C)C)NC(=O)NC4=O)cc3)C2)c(C)c1. The van der Waals surface area contributed by atoms with E-state index in [1.807, 2.05) is 33.8 Å². The molecule has 1 aromatic carbocycles. The van der Waals surface area contributed by atoms with E-state index in [9.17, 15) is 14.4 Å². The number of amides is 4.